The molecular formula is C17H30N2O. The number of aromatic nitrogens is 1. The highest BCUT2D eigenvalue weighted by molar-refractivity contribution is 5.29. The third-order valence-electron chi connectivity index (χ3n) is 3.65. The van der Waals surface area contributed by atoms with E-state index in [1.807, 2.05) is 18.3 Å². The van der Waals surface area contributed by atoms with Gasteiger partial charge in [-0.1, -0.05) is 52.4 Å². The normalized spacial score (nSPS) is 12.3. The summed E-state index contributed by atoms with van der Waals surface area (Å²) in [7, 11) is 1.72. The summed E-state index contributed by atoms with van der Waals surface area (Å²) in [6, 6.07) is 4.23. The molecule has 0 amide bonds. The molecule has 3 heteroatoms. The molecule has 1 unspecified atom stereocenters. The molecule has 1 aromatic heterocycles. The third kappa shape index (κ3) is 5.91. The van der Waals surface area contributed by atoms with Crippen LogP contribution in [0.1, 0.15) is 70.5 Å². The first kappa shape index (κ1) is 17.0. The number of unbranched alkanes of at least 4 members (excludes halogenated alkanes) is 5. The van der Waals surface area contributed by atoms with E-state index in [-0.39, 0.29) is 0 Å². The third-order valence-corrected chi connectivity index (χ3v) is 3.65. The molecule has 0 spiro atoms. The minimum absolute atomic E-state index is 0.308. The number of pyridine rings is 1. The molecule has 1 N–H and O–H groups in total. The zero-order valence-corrected chi connectivity index (χ0v) is 13.3. The van der Waals surface area contributed by atoms with Gasteiger partial charge >= 0.3 is 0 Å². The smallest absolute Gasteiger partial charge is 0.141 e. The van der Waals surface area contributed by atoms with E-state index in [1.54, 1.807) is 7.11 Å². The van der Waals surface area contributed by atoms with Gasteiger partial charge in [0.25, 0.3) is 0 Å². The lowest BCUT2D eigenvalue weighted by Crippen LogP contribution is -2.22. The van der Waals surface area contributed by atoms with Gasteiger partial charge < -0.3 is 10.1 Å². The Balaban J connectivity index is 2.47. The van der Waals surface area contributed by atoms with Gasteiger partial charge in [-0.05, 0) is 25.1 Å². The summed E-state index contributed by atoms with van der Waals surface area (Å²) in [5.74, 6) is 0.893. The van der Waals surface area contributed by atoms with E-state index >= 15 is 0 Å². The Morgan fingerprint density at radius 2 is 1.90 bits per heavy atom. The minimum Gasteiger partial charge on any atom is -0.495 e. The van der Waals surface area contributed by atoms with Crippen molar-refractivity contribution in [2.45, 2.75) is 64.8 Å². The molecule has 114 valence electrons. The van der Waals surface area contributed by atoms with Crippen LogP contribution in [-0.4, -0.2) is 18.6 Å². The molecule has 0 saturated carbocycles. The van der Waals surface area contributed by atoms with Gasteiger partial charge in [0.2, 0.25) is 0 Å². The Kier molecular flexibility index (Phi) is 9.05. The van der Waals surface area contributed by atoms with E-state index < -0.39 is 0 Å². The highest BCUT2D eigenvalue weighted by Gasteiger charge is 2.15. The lowest BCUT2D eigenvalue weighted by Gasteiger charge is -2.19. The van der Waals surface area contributed by atoms with Crippen molar-refractivity contribution < 1.29 is 4.74 Å². The van der Waals surface area contributed by atoms with Crippen LogP contribution in [0.25, 0.3) is 0 Å². The Labute approximate surface area is 124 Å². The second-order valence-electron chi connectivity index (χ2n) is 5.26. The molecule has 3 nitrogen and oxygen atoms in total. The Morgan fingerprint density at radius 1 is 1.15 bits per heavy atom. The van der Waals surface area contributed by atoms with Gasteiger partial charge in [-0.3, -0.25) is 4.98 Å². The summed E-state index contributed by atoms with van der Waals surface area (Å²) < 4.78 is 5.43. The van der Waals surface area contributed by atoms with Gasteiger partial charge in [0.15, 0.2) is 0 Å². The first-order valence-electron chi connectivity index (χ1n) is 8.05. The van der Waals surface area contributed by atoms with Crippen LogP contribution in [0.15, 0.2) is 18.3 Å². The minimum atomic E-state index is 0.308. The number of methoxy groups -OCH3 is 1. The van der Waals surface area contributed by atoms with Crippen LogP contribution in [0.3, 0.4) is 0 Å². The molecule has 1 rings (SSSR count). The van der Waals surface area contributed by atoms with Gasteiger partial charge in [-0.2, -0.15) is 0 Å². The average molecular weight is 278 g/mol. The van der Waals surface area contributed by atoms with Crippen LogP contribution in [0, 0.1) is 0 Å². The molecule has 0 aliphatic heterocycles. The van der Waals surface area contributed by atoms with Crippen molar-refractivity contribution >= 4 is 0 Å². The topological polar surface area (TPSA) is 34.2 Å². The first-order valence-corrected chi connectivity index (χ1v) is 8.05. The van der Waals surface area contributed by atoms with Gasteiger partial charge in [-0.15, -0.1) is 0 Å². The van der Waals surface area contributed by atoms with E-state index in [4.69, 9.17) is 4.74 Å². The van der Waals surface area contributed by atoms with Crippen molar-refractivity contribution in [1.82, 2.24) is 10.3 Å². The molecule has 20 heavy (non-hydrogen) atoms. The summed E-state index contributed by atoms with van der Waals surface area (Å²) >= 11 is 0. The summed E-state index contributed by atoms with van der Waals surface area (Å²) in [4.78, 5) is 4.51. The molecule has 0 fully saturated rings. The molecule has 0 aliphatic carbocycles. The van der Waals surface area contributed by atoms with Crippen LogP contribution in [0.2, 0.25) is 0 Å². The zero-order chi connectivity index (χ0) is 14.6. The van der Waals surface area contributed by atoms with Crippen LogP contribution in [-0.2, 0) is 0 Å². The van der Waals surface area contributed by atoms with E-state index in [1.165, 1.54) is 38.5 Å². The molecule has 0 aromatic carbocycles. The highest BCUT2D eigenvalue weighted by atomic mass is 16.5. The largest absolute Gasteiger partial charge is 0.495 e. The second kappa shape index (κ2) is 10.7. The molecule has 0 saturated heterocycles. The maximum absolute atomic E-state index is 5.43. The van der Waals surface area contributed by atoms with Crippen molar-refractivity contribution in [2.75, 3.05) is 13.7 Å². The fourth-order valence-corrected chi connectivity index (χ4v) is 2.55. The maximum Gasteiger partial charge on any atom is 0.141 e. The standard InChI is InChI=1S/C17H30N2O/c1-4-6-7-8-9-10-12-15(18-5-2)17-16(20-3)13-11-14-19-17/h11,13-15,18H,4-10,12H2,1-3H3. The summed E-state index contributed by atoms with van der Waals surface area (Å²) in [6.45, 7) is 5.36. The molecule has 1 aromatic rings. The number of rotatable bonds is 11. The first-order chi connectivity index (χ1) is 9.83. The zero-order valence-electron chi connectivity index (χ0n) is 13.3. The SMILES string of the molecule is CCCCCCCCC(NCC)c1ncccc1OC. The molecule has 1 atom stereocenters. The fraction of sp³-hybridized carbons (Fsp3) is 0.706. The van der Waals surface area contributed by atoms with Crippen LogP contribution in [0.4, 0.5) is 0 Å². The van der Waals surface area contributed by atoms with E-state index in [9.17, 15) is 0 Å². The van der Waals surface area contributed by atoms with E-state index in [2.05, 4.69) is 24.1 Å². The maximum atomic E-state index is 5.43. The molecule has 0 bridgehead atoms. The van der Waals surface area contributed by atoms with Crippen molar-refractivity contribution in [2.24, 2.45) is 0 Å². The van der Waals surface area contributed by atoms with Gasteiger partial charge in [0, 0.05) is 6.20 Å². The van der Waals surface area contributed by atoms with Crippen LogP contribution < -0.4 is 10.1 Å². The van der Waals surface area contributed by atoms with Crippen LogP contribution in [0.5, 0.6) is 5.75 Å². The van der Waals surface area contributed by atoms with Gasteiger partial charge in [-0.25, -0.2) is 0 Å². The second-order valence-corrected chi connectivity index (χ2v) is 5.26. The Bertz CT molecular complexity index is 355. The van der Waals surface area contributed by atoms with Crippen molar-refractivity contribution in [3.63, 3.8) is 0 Å². The lowest BCUT2D eigenvalue weighted by atomic mass is 10.0. The predicted octanol–water partition coefficient (Wildman–Crippen LogP) is 4.49. The molecule has 0 aliphatic rings. The Hall–Kier alpha value is -1.09. The van der Waals surface area contributed by atoms with Crippen molar-refractivity contribution in [3.8, 4) is 5.75 Å². The summed E-state index contributed by atoms with van der Waals surface area (Å²) in [6.07, 6.45) is 11.0. The van der Waals surface area contributed by atoms with E-state index in [0.717, 1.165) is 24.4 Å². The predicted molar refractivity (Wildman–Crippen MR) is 85.2 cm³/mol. The number of nitrogens with one attached hydrogen (secondary N) is 1. The summed E-state index contributed by atoms with van der Waals surface area (Å²) in [5, 5.41) is 3.53. The lowest BCUT2D eigenvalue weighted by molar-refractivity contribution is 0.387. The highest BCUT2D eigenvalue weighted by Crippen LogP contribution is 2.26. The van der Waals surface area contributed by atoms with Gasteiger partial charge in [0.05, 0.1) is 18.8 Å². The van der Waals surface area contributed by atoms with Crippen LogP contribution >= 0.6 is 0 Å². The van der Waals surface area contributed by atoms with E-state index in [0.29, 0.717) is 6.04 Å². The quantitative estimate of drug-likeness (QED) is 0.605. The van der Waals surface area contributed by atoms with Gasteiger partial charge in [0.1, 0.15) is 5.75 Å². The number of nitrogens with zero attached hydrogens (tertiary/aromatic N) is 1. The summed E-state index contributed by atoms with van der Waals surface area (Å²) in [5.41, 5.74) is 1.05. The monoisotopic (exact) mass is 278 g/mol. The number of hydrogen-bond donors (Lipinski definition) is 1. The Morgan fingerprint density at radius 3 is 2.60 bits per heavy atom. The average Bonchev–Trinajstić information content (AvgIpc) is 2.49. The number of hydrogen-bond acceptors (Lipinski definition) is 3. The molecule has 1 heterocycles. The fourth-order valence-electron chi connectivity index (χ4n) is 2.55. The number of ether oxygens (including phenoxy) is 1. The molecular weight excluding hydrogens is 248 g/mol. The molecule has 0 radical (unpaired) electrons. The van der Waals surface area contributed by atoms with Crippen molar-refractivity contribution in [1.29, 1.82) is 0 Å². The van der Waals surface area contributed by atoms with Crippen molar-refractivity contribution in [3.05, 3.63) is 24.0 Å².